The molecule has 19 heavy (non-hydrogen) atoms. The number of tetrazole rings is 1. The molecule has 1 N–H and O–H groups in total. The standard InChI is InChI=1S/C14H19N5/c1-2-7-13(8-3-1)19-14(16-17-18-19)11-15-10-9-12-5-4-6-12/h1-3,7-8,12,15H,4-6,9-11H2. The highest BCUT2D eigenvalue weighted by Gasteiger charge is 2.16. The maximum absolute atomic E-state index is 4.08. The highest BCUT2D eigenvalue weighted by atomic mass is 15.5. The van der Waals surface area contributed by atoms with E-state index in [0.29, 0.717) is 6.54 Å². The van der Waals surface area contributed by atoms with Gasteiger partial charge >= 0.3 is 0 Å². The molecule has 1 aromatic carbocycles. The molecule has 0 radical (unpaired) electrons. The van der Waals surface area contributed by atoms with E-state index >= 15 is 0 Å². The van der Waals surface area contributed by atoms with Crippen LogP contribution in [0.4, 0.5) is 0 Å². The van der Waals surface area contributed by atoms with E-state index in [4.69, 9.17) is 0 Å². The monoisotopic (exact) mass is 257 g/mol. The van der Waals surface area contributed by atoms with E-state index in [9.17, 15) is 0 Å². The van der Waals surface area contributed by atoms with Gasteiger partial charge in [0, 0.05) is 0 Å². The second-order valence-electron chi connectivity index (χ2n) is 5.10. The van der Waals surface area contributed by atoms with Gasteiger partial charge in [0.1, 0.15) is 0 Å². The summed E-state index contributed by atoms with van der Waals surface area (Å²) in [5.74, 6) is 1.80. The Balaban J connectivity index is 1.55. The molecule has 1 aliphatic carbocycles. The zero-order valence-corrected chi connectivity index (χ0v) is 11.0. The molecule has 5 heteroatoms. The summed E-state index contributed by atoms with van der Waals surface area (Å²) in [7, 11) is 0. The van der Waals surface area contributed by atoms with Crippen molar-refractivity contribution in [3.05, 3.63) is 36.2 Å². The lowest BCUT2D eigenvalue weighted by molar-refractivity contribution is 0.291. The Kier molecular flexibility index (Phi) is 3.83. The van der Waals surface area contributed by atoms with E-state index in [-0.39, 0.29) is 0 Å². The second-order valence-corrected chi connectivity index (χ2v) is 5.10. The average Bonchev–Trinajstić information content (AvgIpc) is 2.86. The van der Waals surface area contributed by atoms with E-state index < -0.39 is 0 Å². The van der Waals surface area contributed by atoms with Crippen molar-refractivity contribution in [1.82, 2.24) is 25.5 Å². The molecular formula is C14H19N5. The van der Waals surface area contributed by atoms with Gasteiger partial charge in [0.15, 0.2) is 5.82 Å². The van der Waals surface area contributed by atoms with Crippen LogP contribution in [0.3, 0.4) is 0 Å². The maximum atomic E-state index is 4.08. The second kappa shape index (κ2) is 5.93. The zero-order valence-electron chi connectivity index (χ0n) is 11.0. The fourth-order valence-electron chi connectivity index (χ4n) is 2.37. The van der Waals surface area contributed by atoms with Crippen molar-refractivity contribution in [2.75, 3.05) is 6.54 Å². The van der Waals surface area contributed by atoms with Crippen molar-refractivity contribution in [3.63, 3.8) is 0 Å². The van der Waals surface area contributed by atoms with Gasteiger partial charge in [-0.25, -0.2) is 0 Å². The largest absolute Gasteiger partial charge is 0.310 e. The average molecular weight is 257 g/mol. The minimum Gasteiger partial charge on any atom is -0.310 e. The molecule has 5 nitrogen and oxygen atoms in total. The predicted octanol–water partition coefficient (Wildman–Crippen LogP) is 1.94. The molecule has 1 aliphatic rings. The van der Waals surface area contributed by atoms with E-state index in [1.54, 1.807) is 4.68 Å². The lowest BCUT2D eigenvalue weighted by Gasteiger charge is -2.25. The Morgan fingerprint density at radius 2 is 2.05 bits per heavy atom. The van der Waals surface area contributed by atoms with Crippen LogP contribution < -0.4 is 5.32 Å². The number of nitrogens with one attached hydrogen (secondary N) is 1. The Bertz CT molecular complexity index is 504. The Hall–Kier alpha value is -1.75. The summed E-state index contributed by atoms with van der Waals surface area (Å²) in [5.41, 5.74) is 1.00. The van der Waals surface area contributed by atoms with Crippen LogP contribution in [-0.2, 0) is 6.54 Å². The molecular weight excluding hydrogens is 238 g/mol. The summed E-state index contributed by atoms with van der Waals surface area (Å²) in [4.78, 5) is 0. The summed E-state index contributed by atoms with van der Waals surface area (Å²) in [5, 5.41) is 15.3. The molecule has 1 saturated carbocycles. The van der Waals surface area contributed by atoms with Gasteiger partial charge in [0.05, 0.1) is 12.2 Å². The van der Waals surface area contributed by atoms with Gasteiger partial charge in [-0.3, -0.25) is 0 Å². The van der Waals surface area contributed by atoms with Crippen molar-refractivity contribution in [1.29, 1.82) is 0 Å². The summed E-state index contributed by atoms with van der Waals surface area (Å²) in [6.45, 7) is 1.76. The van der Waals surface area contributed by atoms with Crippen LogP contribution in [0.2, 0.25) is 0 Å². The summed E-state index contributed by atoms with van der Waals surface area (Å²) in [6, 6.07) is 9.99. The number of hydrogen-bond donors (Lipinski definition) is 1. The van der Waals surface area contributed by atoms with Crippen LogP contribution in [0.5, 0.6) is 0 Å². The molecule has 100 valence electrons. The third-order valence-corrected chi connectivity index (χ3v) is 3.77. The number of benzene rings is 1. The van der Waals surface area contributed by atoms with Crippen LogP contribution in [0.1, 0.15) is 31.5 Å². The molecule has 1 heterocycles. The lowest BCUT2D eigenvalue weighted by Crippen LogP contribution is -2.22. The molecule has 3 rings (SSSR count). The highest BCUT2D eigenvalue weighted by Crippen LogP contribution is 2.28. The van der Waals surface area contributed by atoms with Gasteiger partial charge in [-0.05, 0) is 41.4 Å². The number of nitrogens with zero attached hydrogens (tertiary/aromatic N) is 4. The van der Waals surface area contributed by atoms with Crippen molar-refractivity contribution in [2.45, 2.75) is 32.2 Å². The number of rotatable bonds is 6. The fraction of sp³-hybridized carbons (Fsp3) is 0.500. The van der Waals surface area contributed by atoms with Crippen molar-refractivity contribution in [3.8, 4) is 5.69 Å². The SMILES string of the molecule is c1ccc(-n2nnnc2CNCCC2CCC2)cc1. The Morgan fingerprint density at radius 1 is 1.21 bits per heavy atom. The van der Waals surface area contributed by atoms with Crippen molar-refractivity contribution < 1.29 is 0 Å². The number of hydrogen-bond acceptors (Lipinski definition) is 4. The smallest absolute Gasteiger partial charge is 0.170 e. The quantitative estimate of drug-likeness (QED) is 0.804. The molecule has 0 bridgehead atoms. The fourth-order valence-corrected chi connectivity index (χ4v) is 2.37. The Morgan fingerprint density at radius 3 is 2.79 bits per heavy atom. The van der Waals surface area contributed by atoms with Gasteiger partial charge in [0.2, 0.25) is 0 Å². The number of aromatic nitrogens is 4. The molecule has 2 aromatic rings. The van der Waals surface area contributed by atoms with E-state index in [2.05, 4.69) is 20.8 Å². The van der Waals surface area contributed by atoms with E-state index in [0.717, 1.165) is 24.0 Å². The summed E-state index contributed by atoms with van der Waals surface area (Å²) in [6.07, 6.45) is 5.50. The normalized spacial score (nSPS) is 15.4. The third kappa shape index (κ3) is 2.98. The third-order valence-electron chi connectivity index (χ3n) is 3.77. The van der Waals surface area contributed by atoms with Crippen LogP contribution in [0.15, 0.2) is 30.3 Å². The molecule has 0 aliphatic heterocycles. The van der Waals surface area contributed by atoms with E-state index in [1.807, 2.05) is 30.3 Å². The van der Waals surface area contributed by atoms with Gasteiger partial charge in [-0.1, -0.05) is 37.5 Å². The summed E-state index contributed by atoms with van der Waals surface area (Å²) < 4.78 is 1.79. The van der Waals surface area contributed by atoms with Crippen LogP contribution in [0, 0.1) is 5.92 Å². The predicted molar refractivity (Wildman–Crippen MR) is 72.8 cm³/mol. The molecule has 1 fully saturated rings. The molecule has 0 unspecified atom stereocenters. The zero-order chi connectivity index (χ0) is 12.9. The first-order valence-electron chi connectivity index (χ1n) is 6.97. The first kappa shape index (κ1) is 12.3. The first-order chi connectivity index (χ1) is 9.43. The van der Waals surface area contributed by atoms with Crippen LogP contribution in [0.25, 0.3) is 5.69 Å². The van der Waals surface area contributed by atoms with E-state index in [1.165, 1.54) is 25.7 Å². The molecule has 1 aromatic heterocycles. The van der Waals surface area contributed by atoms with Gasteiger partial charge in [-0.15, -0.1) is 5.10 Å². The Labute approximate surface area is 113 Å². The van der Waals surface area contributed by atoms with Crippen molar-refractivity contribution >= 4 is 0 Å². The lowest BCUT2D eigenvalue weighted by atomic mass is 9.83. The topological polar surface area (TPSA) is 55.6 Å². The van der Waals surface area contributed by atoms with Gasteiger partial charge < -0.3 is 5.32 Å². The van der Waals surface area contributed by atoms with Crippen LogP contribution in [-0.4, -0.2) is 26.8 Å². The number of para-hydroxylation sites is 1. The van der Waals surface area contributed by atoms with Gasteiger partial charge in [-0.2, -0.15) is 4.68 Å². The summed E-state index contributed by atoms with van der Waals surface area (Å²) >= 11 is 0. The minimum absolute atomic E-state index is 0.717. The molecule has 0 saturated heterocycles. The first-order valence-corrected chi connectivity index (χ1v) is 6.97. The maximum Gasteiger partial charge on any atom is 0.170 e. The molecule has 0 spiro atoms. The van der Waals surface area contributed by atoms with Crippen LogP contribution >= 0.6 is 0 Å². The highest BCUT2D eigenvalue weighted by molar-refractivity contribution is 5.30. The van der Waals surface area contributed by atoms with Gasteiger partial charge in [0.25, 0.3) is 0 Å². The molecule has 0 atom stereocenters. The molecule has 0 amide bonds. The van der Waals surface area contributed by atoms with Crippen molar-refractivity contribution in [2.24, 2.45) is 5.92 Å². The minimum atomic E-state index is 0.717.